The lowest BCUT2D eigenvalue weighted by Crippen LogP contribution is -2.47. The van der Waals surface area contributed by atoms with Crippen LogP contribution in [0.5, 0.6) is 0 Å². The lowest BCUT2D eigenvalue weighted by Gasteiger charge is -2.27. The number of ether oxygens (including phenoxy) is 1. The summed E-state index contributed by atoms with van der Waals surface area (Å²) < 4.78 is 5.59. The van der Waals surface area contributed by atoms with Crippen LogP contribution >= 0.6 is 11.8 Å². The minimum Gasteiger partial charge on any atom is -0.480 e. The van der Waals surface area contributed by atoms with Crippen molar-refractivity contribution in [3.05, 3.63) is 59.7 Å². The molecule has 2 N–H and O–H groups in total. The van der Waals surface area contributed by atoms with E-state index in [1.807, 2.05) is 24.3 Å². The summed E-state index contributed by atoms with van der Waals surface area (Å²) in [5.74, 6) is -0.305. The molecule has 0 radical (unpaired) electrons. The molecule has 7 nitrogen and oxygen atoms in total. The van der Waals surface area contributed by atoms with Gasteiger partial charge in [-0.3, -0.25) is 4.79 Å². The molecule has 0 aromatic heterocycles. The number of benzene rings is 2. The molecule has 3 aliphatic carbocycles. The number of carboxylic acid groups (broad SMARTS) is 1. The van der Waals surface area contributed by atoms with Crippen molar-refractivity contribution in [3.63, 3.8) is 0 Å². The van der Waals surface area contributed by atoms with E-state index in [9.17, 15) is 19.5 Å². The number of carboxylic acids is 1. The van der Waals surface area contributed by atoms with Crippen LogP contribution in [0.4, 0.5) is 4.79 Å². The molecule has 4 aliphatic rings. The maximum absolute atomic E-state index is 13.2. The van der Waals surface area contributed by atoms with Crippen LogP contribution in [0.2, 0.25) is 0 Å². The van der Waals surface area contributed by atoms with Crippen LogP contribution in [-0.2, 0) is 14.3 Å². The number of rotatable bonds is 7. The van der Waals surface area contributed by atoms with Crippen LogP contribution in [0.1, 0.15) is 36.3 Å². The maximum atomic E-state index is 13.2. The third kappa shape index (κ3) is 4.18. The zero-order valence-corrected chi connectivity index (χ0v) is 20.1. The fraction of sp³-hybridized carbons (Fsp3) is 0.444. The first-order chi connectivity index (χ1) is 17.0. The Morgan fingerprint density at radius 3 is 2.31 bits per heavy atom. The number of carbonyl (C=O) groups is 3. The highest BCUT2D eigenvalue weighted by atomic mass is 32.2. The summed E-state index contributed by atoms with van der Waals surface area (Å²) in [7, 11) is 0. The SMILES string of the molecule is O=C(NCC1CC1C(=O)N1C(C(=O)O)CSC1C1CC1)OCC1c2ccccc2-c2ccccc21. The molecule has 1 heterocycles. The molecule has 0 spiro atoms. The van der Waals surface area contributed by atoms with Crippen molar-refractivity contribution in [2.45, 2.75) is 36.6 Å². The number of nitrogens with zero attached hydrogens (tertiary/aromatic N) is 1. The van der Waals surface area contributed by atoms with Gasteiger partial charge in [-0.1, -0.05) is 48.5 Å². The molecule has 4 unspecified atom stereocenters. The monoisotopic (exact) mass is 492 g/mol. The topological polar surface area (TPSA) is 95.9 Å². The van der Waals surface area contributed by atoms with Crippen LogP contribution in [0.15, 0.2) is 48.5 Å². The molecule has 1 saturated heterocycles. The van der Waals surface area contributed by atoms with Crippen molar-refractivity contribution in [2.75, 3.05) is 18.9 Å². The second kappa shape index (κ2) is 8.90. The Labute approximate surface area is 208 Å². The molecule has 2 saturated carbocycles. The summed E-state index contributed by atoms with van der Waals surface area (Å²) in [6.07, 6.45) is 2.31. The number of hydrogen-bond acceptors (Lipinski definition) is 5. The normalized spacial score (nSPS) is 26.7. The summed E-state index contributed by atoms with van der Waals surface area (Å²) in [6, 6.07) is 15.7. The van der Waals surface area contributed by atoms with Gasteiger partial charge in [-0.15, -0.1) is 11.8 Å². The van der Waals surface area contributed by atoms with Crippen molar-refractivity contribution in [3.8, 4) is 11.1 Å². The second-order valence-corrected chi connectivity index (χ2v) is 11.1. The van der Waals surface area contributed by atoms with Gasteiger partial charge in [-0.05, 0) is 53.4 Å². The van der Waals surface area contributed by atoms with E-state index in [0.717, 1.165) is 24.0 Å². The Hall–Kier alpha value is -3.00. The van der Waals surface area contributed by atoms with Crippen LogP contribution in [0.3, 0.4) is 0 Å². The third-order valence-corrected chi connectivity index (χ3v) is 9.15. The van der Waals surface area contributed by atoms with Crippen molar-refractivity contribution in [2.24, 2.45) is 17.8 Å². The Balaban J connectivity index is 1.02. The second-order valence-electron chi connectivity index (χ2n) is 9.97. The molecule has 182 valence electrons. The van der Waals surface area contributed by atoms with Crippen molar-refractivity contribution < 1.29 is 24.2 Å². The molecule has 3 fully saturated rings. The summed E-state index contributed by atoms with van der Waals surface area (Å²) in [5, 5.41) is 12.4. The van der Waals surface area contributed by atoms with E-state index in [2.05, 4.69) is 29.6 Å². The average molecular weight is 493 g/mol. The number of nitrogens with one attached hydrogen (secondary N) is 1. The standard InChI is InChI=1S/C27H28N2O5S/c30-24(29-23(26(31)32)14-35-25(29)15-9-10-15)21-11-16(21)12-28-27(33)34-13-22-19-7-3-1-5-17(19)18-6-2-4-8-20(18)22/h1-8,15-16,21-23,25H,9-14H2,(H,28,33)(H,31,32). The van der Waals surface area contributed by atoms with E-state index < -0.39 is 18.1 Å². The highest BCUT2D eigenvalue weighted by Gasteiger charge is 2.53. The first-order valence-electron chi connectivity index (χ1n) is 12.3. The summed E-state index contributed by atoms with van der Waals surface area (Å²) >= 11 is 1.59. The Morgan fingerprint density at radius 2 is 1.69 bits per heavy atom. The van der Waals surface area contributed by atoms with E-state index in [0.29, 0.717) is 24.6 Å². The summed E-state index contributed by atoms with van der Waals surface area (Å²) in [5.41, 5.74) is 4.69. The molecule has 4 atom stereocenters. The van der Waals surface area contributed by atoms with Gasteiger partial charge in [0.15, 0.2) is 0 Å². The van der Waals surface area contributed by atoms with Gasteiger partial charge in [-0.25, -0.2) is 9.59 Å². The Morgan fingerprint density at radius 1 is 1.03 bits per heavy atom. The molecule has 0 bridgehead atoms. The molecular formula is C27H28N2O5S. The molecule has 1 aliphatic heterocycles. The molecule has 8 heteroatoms. The molecular weight excluding hydrogens is 464 g/mol. The molecule has 2 aromatic rings. The van der Waals surface area contributed by atoms with E-state index in [4.69, 9.17) is 4.74 Å². The smallest absolute Gasteiger partial charge is 0.407 e. The number of fused-ring (bicyclic) bond motifs is 3. The minimum absolute atomic E-state index is 0.00313. The van der Waals surface area contributed by atoms with Gasteiger partial charge in [0.1, 0.15) is 12.6 Å². The van der Waals surface area contributed by atoms with Gasteiger partial charge < -0.3 is 20.1 Å². The number of amides is 2. The minimum atomic E-state index is -0.928. The number of thioether (sulfide) groups is 1. The van der Waals surface area contributed by atoms with Gasteiger partial charge >= 0.3 is 12.1 Å². The van der Waals surface area contributed by atoms with Crippen LogP contribution in [0.25, 0.3) is 11.1 Å². The van der Waals surface area contributed by atoms with Gasteiger partial charge in [-0.2, -0.15) is 0 Å². The molecule has 2 amide bonds. The quantitative estimate of drug-likeness (QED) is 0.608. The van der Waals surface area contributed by atoms with Crippen molar-refractivity contribution in [1.29, 1.82) is 0 Å². The van der Waals surface area contributed by atoms with Crippen LogP contribution < -0.4 is 5.32 Å². The summed E-state index contributed by atoms with van der Waals surface area (Å²) in [4.78, 5) is 39.0. The Bertz CT molecular complexity index is 1140. The van der Waals surface area contributed by atoms with Crippen LogP contribution in [-0.4, -0.2) is 58.3 Å². The van der Waals surface area contributed by atoms with Crippen molar-refractivity contribution >= 4 is 29.7 Å². The summed E-state index contributed by atoms with van der Waals surface area (Å²) in [6.45, 7) is 0.612. The first-order valence-corrected chi connectivity index (χ1v) is 13.3. The van der Waals surface area contributed by atoms with E-state index in [1.165, 1.54) is 11.1 Å². The fourth-order valence-corrected chi connectivity index (χ4v) is 7.21. The van der Waals surface area contributed by atoms with Gasteiger partial charge in [0.2, 0.25) is 5.91 Å². The van der Waals surface area contributed by atoms with Gasteiger partial charge in [0, 0.05) is 24.1 Å². The molecule has 35 heavy (non-hydrogen) atoms. The fourth-order valence-electron chi connectivity index (χ4n) is 5.57. The molecule has 6 rings (SSSR count). The van der Waals surface area contributed by atoms with Gasteiger partial charge in [0.05, 0.1) is 5.37 Å². The lowest BCUT2D eigenvalue weighted by molar-refractivity contribution is -0.150. The third-order valence-electron chi connectivity index (χ3n) is 7.69. The predicted octanol–water partition coefficient (Wildman–Crippen LogP) is 3.93. The maximum Gasteiger partial charge on any atom is 0.407 e. The van der Waals surface area contributed by atoms with Crippen molar-refractivity contribution in [1.82, 2.24) is 10.2 Å². The number of hydrogen-bond donors (Lipinski definition) is 2. The zero-order valence-electron chi connectivity index (χ0n) is 19.3. The highest BCUT2D eigenvalue weighted by Crippen LogP contribution is 2.49. The number of carbonyl (C=O) groups excluding carboxylic acids is 2. The Kier molecular flexibility index (Phi) is 5.71. The van der Waals surface area contributed by atoms with E-state index in [-0.39, 0.29) is 35.6 Å². The number of alkyl carbamates (subject to hydrolysis) is 1. The van der Waals surface area contributed by atoms with E-state index >= 15 is 0 Å². The molecule has 2 aromatic carbocycles. The predicted molar refractivity (Wildman–Crippen MR) is 132 cm³/mol. The highest BCUT2D eigenvalue weighted by molar-refractivity contribution is 8.00. The van der Waals surface area contributed by atoms with E-state index in [1.54, 1.807) is 16.7 Å². The average Bonchev–Trinajstić information content (AvgIpc) is 3.79. The van der Waals surface area contributed by atoms with Crippen LogP contribution in [0, 0.1) is 17.8 Å². The number of aliphatic carboxylic acids is 1. The largest absolute Gasteiger partial charge is 0.480 e. The van der Waals surface area contributed by atoms with Gasteiger partial charge in [0.25, 0.3) is 0 Å². The zero-order chi connectivity index (χ0) is 24.1. The lowest BCUT2D eigenvalue weighted by atomic mass is 9.98. The first kappa shape index (κ1) is 22.5.